The maximum atomic E-state index is 17.2. The van der Waals surface area contributed by atoms with Gasteiger partial charge in [-0.1, -0.05) is 48.4 Å². The SMILES string of the molecule is C#Cc1c(F)ccc2cccc(-c3ncc4c(N5CC6CCC(C5)N6)nc(OCC56CC[C@@H](COC(=O)N7CC(CCNc8cccc9c8C(=O)N(C8CCC(=O)NC8=O)C9=O)C7)N5CC(=C)C6)nc4c3F)c12. The molecule has 2 bridgehead atoms. The number of amides is 5. The second-order valence-corrected chi connectivity index (χ2v) is 20.5. The van der Waals surface area contributed by atoms with E-state index in [1.807, 2.05) is 0 Å². The second-order valence-electron chi connectivity index (χ2n) is 20.5. The minimum atomic E-state index is -1.05. The number of ether oxygens (including phenoxy) is 2. The lowest BCUT2D eigenvalue weighted by atomic mass is 9.94. The van der Waals surface area contributed by atoms with Crippen molar-refractivity contribution in [1.82, 2.24) is 40.3 Å². The topological polar surface area (TPSA) is 192 Å². The van der Waals surface area contributed by atoms with Crippen molar-refractivity contribution in [2.75, 3.05) is 62.7 Å². The average Bonchev–Trinajstić information content (AvgIpc) is 4.08. The summed E-state index contributed by atoms with van der Waals surface area (Å²) in [5, 5.41) is 10.6. The van der Waals surface area contributed by atoms with Gasteiger partial charge in [0, 0.05) is 86.6 Å². The monoisotopic (exact) mass is 990 g/mol. The Kier molecular flexibility index (Phi) is 11.6. The minimum absolute atomic E-state index is 0.0148. The lowest BCUT2D eigenvalue weighted by molar-refractivity contribution is -0.136. The highest BCUT2D eigenvalue weighted by Crippen LogP contribution is 2.45. The van der Waals surface area contributed by atoms with Crippen molar-refractivity contribution in [2.24, 2.45) is 5.92 Å². The first-order chi connectivity index (χ1) is 35.4. The van der Waals surface area contributed by atoms with Gasteiger partial charge in [-0.25, -0.2) is 13.6 Å². The first-order valence-corrected chi connectivity index (χ1v) is 25.0. The summed E-state index contributed by atoms with van der Waals surface area (Å²) >= 11 is 0. The van der Waals surface area contributed by atoms with Crippen LogP contribution in [0.1, 0.15) is 77.6 Å². The first-order valence-electron chi connectivity index (χ1n) is 25.0. The van der Waals surface area contributed by atoms with Gasteiger partial charge in [-0.2, -0.15) is 9.97 Å². The van der Waals surface area contributed by atoms with Gasteiger partial charge in [0.25, 0.3) is 11.8 Å². The van der Waals surface area contributed by atoms with Gasteiger partial charge in [0.15, 0.2) is 5.82 Å². The molecule has 7 aliphatic heterocycles. The fourth-order valence-electron chi connectivity index (χ4n) is 12.4. The molecule has 5 aromatic rings. The van der Waals surface area contributed by atoms with Crippen LogP contribution in [0.2, 0.25) is 0 Å². The minimum Gasteiger partial charge on any atom is -0.461 e. The molecule has 0 aliphatic carbocycles. The number of hydrogen-bond donors (Lipinski definition) is 3. The number of likely N-dealkylation sites (tertiary alicyclic amines) is 1. The van der Waals surface area contributed by atoms with Crippen LogP contribution in [-0.2, 0) is 14.3 Å². The molecular weight excluding hydrogens is 939 g/mol. The average molecular weight is 991 g/mol. The Hall–Kier alpha value is -7.56. The lowest BCUT2D eigenvalue weighted by Crippen LogP contribution is -2.54. The van der Waals surface area contributed by atoms with Crippen LogP contribution in [0, 0.1) is 29.9 Å². The predicted molar refractivity (Wildman–Crippen MR) is 265 cm³/mol. The van der Waals surface area contributed by atoms with Gasteiger partial charge in [0.05, 0.1) is 27.6 Å². The fraction of sp³-hybridized carbons (Fsp3) is 0.407. The molecule has 374 valence electrons. The molecular formula is C54H52F2N10O7. The van der Waals surface area contributed by atoms with Crippen LogP contribution < -0.4 is 25.6 Å². The van der Waals surface area contributed by atoms with E-state index in [1.165, 1.54) is 6.07 Å². The molecule has 3 aromatic carbocycles. The van der Waals surface area contributed by atoms with Crippen LogP contribution in [0.3, 0.4) is 0 Å². The number of hydrogen-bond acceptors (Lipinski definition) is 14. The molecule has 9 heterocycles. The highest BCUT2D eigenvalue weighted by molar-refractivity contribution is 6.25. The number of carbonyl (C=O) groups excluding carboxylic acids is 5. The smallest absolute Gasteiger partial charge is 0.409 e. The molecule has 12 rings (SSSR count). The third-order valence-electron chi connectivity index (χ3n) is 15.9. The van der Waals surface area contributed by atoms with E-state index >= 15 is 8.78 Å². The van der Waals surface area contributed by atoms with Crippen LogP contribution >= 0.6 is 0 Å². The number of rotatable bonds is 12. The zero-order chi connectivity index (χ0) is 50.3. The summed E-state index contributed by atoms with van der Waals surface area (Å²) < 4.78 is 44.7. The van der Waals surface area contributed by atoms with Crippen molar-refractivity contribution in [3.8, 4) is 29.6 Å². The number of fused-ring (bicyclic) bond motifs is 6. The van der Waals surface area contributed by atoms with Crippen molar-refractivity contribution in [3.63, 3.8) is 0 Å². The Balaban J connectivity index is 0.696. The molecule has 0 spiro atoms. The number of piperazine rings is 1. The van der Waals surface area contributed by atoms with Crippen LogP contribution in [0.15, 0.2) is 66.9 Å². The molecule has 19 heteroatoms. The van der Waals surface area contributed by atoms with Gasteiger partial charge in [-0.15, -0.1) is 6.42 Å². The molecule has 0 saturated carbocycles. The number of pyridine rings is 1. The fourth-order valence-corrected chi connectivity index (χ4v) is 12.4. The zero-order valence-corrected chi connectivity index (χ0v) is 39.9. The number of nitrogens with zero attached hydrogens (tertiary/aromatic N) is 7. The number of nitrogens with one attached hydrogen (secondary N) is 3. The molecule has 7 aliphatic rings. The van der Waals surface area contributed by atoms with Gasteiger partial charge in [-0.3, -0.25) is 39.3 Å². The summed E-state index contributed by atoms with van der Waals surface area (Å²) in [6, 6.07) is 12.5. The van der Waals surface area contributed by atoms with Crippen LogP contribution in [0.25, 0.3) is 32.9 Å². The quantitative estimate of drug-likeness (QED) is 0.0800. The Labute approximate surface area is 418 Å². The number of imide groups is 2. The maximum Gasteiger partial charge on any atom is 0.409 e. The van der Waals surface area contributed by atoms with E-state index in [-0.39, 0.29) is 84.0 Å². The van der Waals surface area contributed by atoms with E-state index in [0.29, 0.717) is 85.3 Å². The van der Waals surface area contributed by atoms with Crippen molar-refractivity contribution in [3.05, 3.63) is 95.2 Å². The third kappa shape index (κ3) is 8.07. The molecule has 5 atom stereocenters. The largest absolute Gasteiger partial charge is 0.461 e. The van der Waals surface area contributed by atoms with E-state index in [2.05, 4.69) is 43.2 Å². The van der Waals surface area contributed by atoms with E-state index in [4.69, 9.17) is 25.9 Å². The van der Waals surface area contributed by atoms with Crippen molar-refractivity contribution >= 4 is 62.9 Å². The maximum absolute atomic E-state index is 17.2. The number of anilines is 2. The number of halogens is 2. The Morgan fingerprint density at radius 1 is 0.959 bits per heavy atom. The van der Waals surface area contributed by atoms with Gasteiger partial charge >= 0.3 is 12.1 Å². The van der Waals surface area contributed by atoms with Gasteiger partial charge in [0.2, 0.25) is 11.8 Å². The van der Waals surface area contributed by atoms with Crippen LogP contribution in [0.4, 0.5) is 25.1 Å². The molecule has 2 aromatic heterocycles. The molecule has 73 heavy (non-hydrogen) atoms. The molecule has 3 N–H and O–H groups in total. The number of terminal acetylenes is 1. The number of aromatic nitrogens is 3. The Morgan fingerprint density at radius 2 is 1.75 bits per heavy atom. The lowest BCUT2D eigenvalue weighted by Gasteiger charge is -2.39. The Bertz CT molecular complexity index is 3240. The van der Waals surface area contributed by atoms with Crippen molar-refractivity contribution in [1.29, 1.82) is 0 Å². The van der Waals surface area contributed by atoms with Crippen LogP contribution in [-0.4, -0.2) is 142 Å². The summed E-state index contributed by atoms with van der Waals surface area (Å²) in [6.45, 7) is 8.14. The highest BCUT2D eigenvalue weighted by atomic mass is 19.1. The highest BCUT2D eigenvalue weighted by Gasteiger charge is 2.52. The molecule has 5 amide bonds. The molecule has 0 radical (unpaired) electrons. The summed E-state index contributed by atoms with van der Waals surface area (Å²) in [5.41, 5.74) is 1.83. The summed E-state index contributed by atoms with van der Waals surface area (Å²) in [4.78, 5) is 85.7. The van der Waals surface area contributed by atoms with E-state index in [1.54, 1.807) is 53.6 Å². The number of benzene rings is 3. The molecule has 17 nitrogen and oxygen atoms in total. The molecule has 4 unspecified atom stereocenters. The third-order valence-corrected chi connectivity index (χ3v) is 15.9. The Morgan fingerprint density at radius 3 is 2.55 bits per heavy atom. The van der Waals surface area contributed by atoms with E-state index in [0.717, 1.165) is 36.2 Å². The van der Waals surface area contributed by atoms with Gasteiger partial charge in [-0.05, 0) is 74.4 Å². The van der Waals surface area contributed by atoms with Gasteiger partial charge in [0.1, 0.15) is 42.1 Å². The van der Waals surface area contributed by atoms with Crippen molar-refractivity contribution < 1.29 is 42.2 Å². The van der Waals surface area contributed by atoms with E-state index < -0.39 is 52.9 Å². The van der Waals surface area contributed by atoms with Crippen LogP contribution in [0.5, 0.6) is 6.01 Å². The molecule has 6 saturated heterocycles. The number of piperidine rings is 1. The summed E-state index contributed by atoms with van der Waals surface area (Å²) in [5.74, 6) is -0.346. The predicted octanol–water partition coefficient (Wildman–Crippen LogP) is 5.56. The van der Waals surface area contributed by atoms with Gasteiger partial charge < -0.3 is 29.9 Å². The molecule has 6 fully saturated rings. The normalized spacial score (nSPS) is 24.8. The zero-order valence-electron chi connectivity index (χ0n) is 39.9. The standard InChI is InChI=1S/C54H52F2N10O7/c1-3-35-39(55)13-10-31-6-4-7-36(43(31)35)46-45(56)47-38(21-58-46)48(63-25-32-11-12-33(26-63)59-32)62-52(61-47)73-28-54-18-16-34(65(54)22-29(2)20-54)27-72-53(71)64-23-30(24-64)17-19-57-40-9-5-8-37-44(40)51(70)66(50(37)69)41-14-15-42(67)60-49(41)68/h1,4-10,13,21,30,32-34,41,57,59H,2,11-12,14-20,22-28H2,(H,60,67,68)/t32?,33?,34-,41?,54?/m0/s1. The van der Waals surface area contributed by atoms with E-state index in [9.17, 15) is 24.0 Å². The second kappa shape index (κ2) is 18.2. The summed E-state index contributed by atoms with van der Waals surface area (Å²) in [7, 11) is 0. The first kappa shape index (κ1) is 46.5. The number of carbonyl (C=O) groups is 5. The van der Waals surface area contributed by atoms with Crippen molar-refractivity contribution in [2.45, 2.75) is 81.1 Å². The summed E-state index contributed by atoms with van der Waals surface area (Å²) in [6.07, 6.45) is 12.0.